The topological polar surface area (TPSA) is 396 Å². The molecule has 2 amide bonds. The number of carbonyl (C=O) groups is 6. The zero-order valence-electron chi connectivity index (χ0n) is 62.6. The molecule has 0 unspecified atom stereocenters. The fourth-order valence-corrected chi connectivity index (χ4v) is 13.9. The lowest BCUT2D eigenvalue weighted by Crippen LogP contribution is -2.68. The number of allylic oxidation sites excluding steroid dienone is 2. The number of rotatable bonds is 64. The van der Waals surface area contributed by atoms with Crippen molar-refractivity contribution in [2.75, 3.05) is 13.2 Å². The summed E-state index contributed by atoms with van der Waals surface area (Å²) in [6.45, 7) is 8.44. The molecular formula is C74H136N2O24P2. The number of ether oxygens (including phenoxy) is 6. The van der Waals surface area contributed by atoms with E-state index in [0.29, 0.717) is 32.1 Å². The van der Waals surface area contributed by atoms with Gasteiger partial charge in [-0.2, -0.15) is 0 Å². The van der Waals surface area contributed by atoms with Gasteiger partial charge in [-0.3, -0.25) is 37.8 Å². The third kappa shape index (κ3) is 46.0. The van der Waals surface area contributed by atoms with Crippen LogP contribution in [0, 0.1) is 0 Å². The summed E-state index contributed by atoms with van der Waals surface area (Å²) in [4.78, 5) is 125. The second-order valence-electron chi connectivity index (χ2n) is 28.1. The molecule has 2 fully saturated rings. The third-order valence-electron chi connectivity index (χ3n) is 18.6. The number of unbranched alkanes of at least 4 members (excludes halogenated alkanes) is 31. The van der Waals surface area contributed by atoms with E-state index in [2.05, 4.69) is 43.6 Å². The van der Waals surface area contributed by atoms with Crippen molar-refractivity contribution in [3.05, 3.63) is 12.2 Å². The van der Waals surface area contributed by atoms with Gasteiger partial charge in [0.2, 0.25) is 11.8 Å². The molecule has 0 aromatic carbocycles. The van der Waals surface area contributed by atoms with E-state index in [9.17, 15) is 77.9 Å². The molecule has 10 N–H and O–H groups in total. The van der Waals surface area contributed by atoms with Crippen LogP contribution in [-0.2, 0) is 75.4 Å². The lowest BCUT2D eigenvalue weighted by Gasteiger charge is -2.47. The molecule has 0 aliphatic carbocycles. The number of esters is 3. The van der Waals surface area contributed by atoms with E-state index in [1.165, 1.54) is 25.7 Å². The van der Waals surface area contributed by atoms with Crippen molar-refractivity contribution < 1.29 is 115 Å². The standard InChI is InChI=1S/C74H136N2O24P2/c1-6-11-16-21-24-27-28-31-34-39-44-49-64(83)94-59(48-43-38-33-30-26-23-18-13-8-3)53-63(82)76-68-72(98-66(85)52-58(80)47-41-36-20-15-10-5)70(99-101(87,88)89)60(54-77)95-73(68)93-55-61-69(86)71(97-65(84)51-57(79)46-40-35-19-14-9-4)67(74(96-61)100-102(90,91)92)75-62(81)50-56(78)45-42-37-32-29-25-22-17-12-7-2/h27-28,57-61,67-74,77,79-80,86H,6-26,29-55H2,1-5H3,(H,75,81)(H,76,82)(H2,87,88,89)(H2,90,91,92)/b28-27+/t57-,58-,59-,60+,61-,67+,68-,69+,70-,71+,72+,73-,74-/m1/s1. The van der Waals surface area contributed by atoms with Gasteiger partial charge in [-0.25, -0.2) is 9.13 Å². The summed E-state index contributed by atoms with van der Waals surface area (Å²) in [5.41, 5.74) is 0. The molecule has 596 valence electrons. The monoisotopic (exact) mass is 1500 g/mol. The summed E-state index contributed by atoms with van der Waals surface area (Å²) in [5.74, 6) is -5.19. The highest BCUT2D eigenvalue weighted by molar-refractivity contribution is 7.46. The summed E-state index contributed by atoms with van der Waals surface area (Å²) >= 11 is 0. The van der Waals surface area contributed by atoms with Gasteiger partial charge in [0.15, 0.2) is 24.8 Å². The van der Waals surface area contributed by atoms with Gasteiger partial charge in [0, 0.05) is 12.8 Å². The normalized spacial score (nSPS) is 21.9. The minimum atomic E-state index is -5.66. The Hall–Kier alpha value is -3.30. The second kappa shape index (κ2) is 57.8. The Labute approximate surface area is 609 Å². The van der Waals surface area contributed by atoms with Gasteiger partial charge in [0.05, 0.1) is 51.1 Å². The zero-order valence-corrected chi connectivity index (χ0v) is 64.4. The molecule has 2 aliphatic rings. The SMILES string of the molecule is CCCCCC/C=C/CCCCCC(=O)O[C@H](CCCCCCCCCCC)CC(=O)N[C@H]1[C@H](OC[C@H]2O[C@H](OP(=O)(O)O)[C@@H](NC(=O)CC(=O)CCCCCCCCCCC)[C@H](OC(=O)C[C@H](O)CCCCCCC)[C@H]2O)O[C@@H](CO)[C@@H](OP(=O)(O)O)[C@H]1OC(=O)C[C@H](O)CCCCCCC. The number of Topliss-reactive ketones (excluding diaryl/α,β-unsaturated/α-hetero) is 1. The maximum Gasteiger partial charge on any atom is 0.472 e. The highest BCUT2D eigenvalue weighted by Crippen LogP contribution is 2.44. The van der Waals surface area contributed by atoms with Crippen molar-refractivity contribution >= 4 is 51.2 Å². The molecule has 2 rings (SSSR count). The molecule has 2 saturated heterocycles. The average molecular weight is 1500 g/mol. The van der Waals surface area contributed by atoms with Crippen molar-refractivity contribution in [1.82, 2.24) is 10.6 Å². The minimum absolute atomic E-state index is 0.0319. The summed E-state index contributed by atoms with van der Waals surface area (Å²) in [6.07, 6.45) is 17.1. The number of hydrogen-bond donors (Lipinski definition) is 10. The van der Waals surface area contributed by atoms with Crippen molar-refractivity contribution in [3.63, 3.8) is 0 Å². The first-order valence-corrected chi connectivity index (χ1v) is 42.3. The van der Waals surface area contributed by atoms with Crippen LogP contribution in [0.25, 0.3) is 0 Å². The van der Waals surface area contributed by atoms with Gasteiger partial charge in [-0.05, 0) is 64.2 Å². The van der Waals surface area contributed by atoms with Crippen LogP contribution in [0.1, 0.15) is 330 Å². The van der Waals surface area contributed by atoms with E-state index >= 15 is 0 Å². The van der Waals surface area contributed by atoms with Crippen LogP contribution < -0.4 is 10.6 Å². The van der Waals surface area contributed by atoms with Gasteiger partial charge in [0.1, 0.15) is 48.4 Å². The predicted octanol–water partition coefficient (Wildman–Crippen LogP) is 13.0. The van der Waals surface area contributed by atoms with Gasteiger partial charge >= 0.3 is 33.6 Å². The van der Waals surface area contributed by atoms with Crippen LogP contribution in [0.2, 0.25) is 0 Å². The first kappa shape index (κ1) is 94.8. The number of ketones is 1. The van der Waals surface area contributed by atoms with Gasteiger partial charge in [-0.1, -0.05) is 239 Å². The largest absolute Gasteiger partial charge is 0.472 e. The highest BCUT2D eigenvalue weighted by atomic mass is 31.2. The molecule has 0 radical (unpaired) electrons. The van der Waals surface area contributed by atoms with Gasteiger partial charge in [0.25, 0.3) is 0 Å². The van der Waals surface area contributed by atoms with E-state index in [-0.39, 0.29) is 32.1 Å². The Morgan fingerprint density at radius 1 is 0.451 bits per heavy atom. The quantitative estimate of drug-likeness (QED) is 0.00675. The minimum Gasteiger partial charge on any atom is -0.462 e. The first-order chi connectivity index (χ1) is 48.9. The fourth-order valence-electron chi connectivity index (χ4n) is 12.8. The van der Waals surface area contributed by atoms with Crippen LogP contribution in [0.4, 0.5) is 0 Å². The van der Waals surface area contributed by atoms with E-state index in [4.69, 9.17) is 37.5 Å². The Morgan fingerprint density at radius 2 is 0.853 bits per heavy atom. The van der Waals surface area contributed by atoms with Crippen molar-refractivity contribution in [3.8, 4) is 0 Å². The predicted molar refractivity (Wildman–Crippen MR) is 387 cm³/mol. The molecule has 102 heavy (non-hydrogen) atoms. The maximum atomic E-state index is 14.8. The van der Waals surface area contributed by atoms with Crippen LogP contribution in [0.15, 0.2) is 12.2 Å². The third-order valence-corrected chi connectivity index (χ3v) is 19.6. The van der Waals surface area contributed by atoms with E-state index in [0.717, 1.165) is 180 Å². The summed E-state index contributed by atoms with van der Waals surface area (Å²) in [5, 5.41) is 50.3. The van der Waals surface area contributed by atoms with Crippen LogP contribution in [0.5, 0.6) is 0 Å². The number of amides is 2. The summed E-state index contributed by atoms with van der Waals surface area (Å²) in [6, 6.07) is -3.86. The average Bonchev–Trinajstić information content (AvgIpc) is 0.788. The number of aliphatic hydroxyl groups is 4. The van der Waals surface area contributed by atoms with Crippen LogP contribution in [-0.4, -0.2) is 168 Å². The Morgan fingerprint density at radius 3 is 1.33 bits per heavy atom. The number of phosphoric acid groups is 2. The van der Waals surface area contributed by atoms with Crippen molar-refractivity contribution in [2.24, 2.45) is 0 Å². The Kier molecular flexibility index (Phi) is 53.7. The zero-order chi connectivity index (χ0) is 75.4. The van der Waals surface area contributed by atoms with E-state index < -0.39 is 170 Å². The van der Waals surface area contributed by atoms with E-state index in [1.54, 1.807) is 0 Å². The Balaban J connectivity index is 2.69. The number of carbonyl (C=O) groups excluding carboxylic acids is 6. The smallest absolute Gasteiger partial charge is 0.462 e. The maximum absolute atomic E-state index is 14.8. The molecule has 13 atom stereocenters. The number of hydrogen-bond acceptors (Lipinski definition) is 20. The lowest BCUT2D eigenvalue weighted by atomic mass is 9.95. The van der Waals surface area contributed by atoms with Crippen LogP contribution in [0.3, 0.4) is 0 Å². The van der Waals surface area contributed by atoms with Gasteiger partial charge in [-0.15, -0.1) is 0 Å². The molecule has 0 saturated carbocycles. The van der Waals surface area contributed by atoms with Gasteiger partial charge < -0.3 is 79.1 Å². The molecule has 28 heteroatoms. The molecule has 2 aliphatic heterocycles. The number of aliphatic hydroxyl groups excluding tert-OH is 4. The fraction of sp³-hybridized carbons (Fsp3) is 0.892. The molecule has 0 aromatic heterocycles. The Bertz CT molecular complexity index is 2360. The summed E-state index contributed by atoms with van der Waals surface area (Å²) in [7, 11) is -11.3. The molecule has 0 spiro atoms. The molecule has 2 heterocycles. The van der Waals surface area contributed by atoms with Crippen molar-refractivity contribution in [1.29, 1.82) is 0 Å². The number of nitrogens with one attached hydrogen (secondary N) is 2. The van der Waals surface area contributed by atoms with Crippen molar-refractivity contribution in [2.45, 2.75) is 410 Å². The molecule has 0 aromatic rings. The molecule has 26 nitrogen and oxygen atoms in total. The second-order valence-corrected chi connectivity index (χ2v) is 30.5. The number of phosphoric ester groups is 2. The van der Waals surface area contributed by atoms with E-state index in [1.807, 2.05) is 13.8 Å². The summed E-state index contributed by atoms with van der Waals surface area (Å²) < 4.78 is 71.9. The highest BCUT2D eigenvalue weighted by Gasteiger charge is 2.55. The van der Waals surface area contributed by atoms with Crippen LogP contribution >= 0.6 is 15.6 Å². The first-order valence-electron chi connectivity index (χ1n) is 39.3. The lowest BCUT2D eigenvalue weighted by molar-refractivity contribution is -0.296. The molecular weight excluding hydrogens is 1360 g/mol. The molecule has 0 bridgehead atoms.